The number of benzene rings is 3. The van der Waals surface area contributed by atoms with Crippen molar-refractivity contribution in [3.63, 3.8) is 0 Å². The molecule has 1 heterocycles. The van der Waals surface area contributed by atoms with Crippen LogP contribution >= 0.6 is 0 Å². The Morgan fingerprint density at radius 3 is 2.38 bits per heavy atom. The van der Waals surface area contributed by atoms with Gasteiger partial charge in [-0.05, 0) is 53.8 Å². The number of aromatic amines is 1. The van der Waals surface area contributed by atoms with E-state index in [0.717, 1.165) is 6.42 Å². The van der Waals surface area contributed by atoms with E-state index in [-0.39, 0.29) is 0 Å². The standard InChI is InChI=1S/C20H15N.C3H8/c1-12-6-7-13-9-14-10-18-15-4-2-3-5-19(15)21-20(18)11-17(14)16(13)8-12;1-3-2/h2-8,10-11,21H,9H2,1H3;3H2,1-2H3. The molecule has 0 radical (unpaired) electrons. The summed E-state index contributed by atoms with van der Waals surface area (Å²) in [6, 6.07) is 20.1. The van der Waals surface area contributed by atoms with Crippen molar-refractivity contribution in [2.24, 2.45) is 0 Å². The number of fused-ring (bicyclic) bond motifs is 6. The first-order valence-corrected chi connectivity index (χ1v) is 8.84. The van der Waals surface area contributed by atoms with Crippen LogP contribution in [0.15, 0.2) is 54.6 Å². The summed E-state index contributed by atoms with van der Waals surface area (Å²) in [5.41, 5.74) is 9.50. The molecular formula is C23H23N. The first-order chi connectivity index (χ1) is 11.7. The first kappa shape index (κ1) is 15.0. The fourth-order valence-electron chi connectivity index (χ4n) is 3.64. The van der Waals surface area contributed by atoms with Crippen molar-refractivity contribution >= 4 is 21.8 Å². The van der Waals surface area contributed by atoms with Crippen molar-refractivity contribution in [1.29, 1.82) is 0 Å². The van der Waals surface area contributed by atoms with Crippen molar-refractivity contribution in [3.05, 3.63) is 71.3 Å². The lowest BCUT2D eigenvalue weighted by molar-refractivity contribution is 1.09. The molecule has 0 atom stereocenters. The summed E-state index contributed by atoms with van der Waals surface area (Å²) in [5, 5.41) is 2.66. The van der Waals surface area contributed by atoms with Crippen molar-refractivity contribution in [3.8, 4) is 11.1 Å². The molecule has 5 rings (SSSR count). The molecule has 0 spiro atoms. The van der Waals surface area contributed by atoms with Gasteiger partial charge in [-0.25, -0.2) is 0 Å². The molecular weight excluding hydrogens is 290 g/mol. The van der Waals surface area contributed by atoms with Crippen LogP contribution in [0.1, 0.15) is 37.0 Å². The molecule has 0 aliphatic heterocycles. The van der Waals surface area contributed by atoms with Crippen LogP contribution in [0.5, 0.6) is 0 Å². The van der Waals surface area contributed by atoms with Gasteiger partial charge in [0.25, 0.3) is 0 Å². The van der Waals surface area contributed by atoms with Gasteiger partial charge in [0.05, 0.1) is 0 Å². The molecule has 0 fully saturated rings. The second kappa shape index (κ2) is 5.83. The monoisotopic (exact) mass is 313 g/mol. The summed E-state index contributed by atoms with van der Waals surface area (Å²) >= 11 is 0. The summed E-state index contributed by atoms with van der Waals surface area (Å²) in [5.74, 6) is 0. The minimum absolute atomic E-state index is 1.06. The smallest absolute Gasteiger partial charge is 0.0471 e. The van der Waals surface area contributed by atoms with Gasteiger partial charge < -0.3 is 4.98 Å². The molecule has 24 heavy (non-hydrogen) atoms. The van der Waals surface area contributed by atoms with Crippen LogP contribution < -0.4 is 0 Å². The summed E-state index contributed by atoms with van der Waals surface area (Å²) in [6.45, 7) is 6.42. The highest BCUT2D eigenvalue weighted by atomic mass is 14.7. The molecule has 1 aliphatic carbocycles. The first-order valence-electron chi connectivity index (χ1n) is 8.84. The zero-order valence-corrected chi connectivity index (χ0v) is 14.6. The molecule has 1 heteroatoms. The number of nitrogens with one attached hydrogen (secondary N) is 1. The second-order valence-corrected chi connectivity index (χ2v) is 6.77. The normalized spacial score (nSPS) is 12.0. The summed E-state index contributed by atoms with van der Waals surface area (Å²) in [4.78, 5) is 3.55. The largest absolute Gasteiger partial charge is 0.354 e. The topological polar surface area (TPSA) is 15.8 Å². The minimum atomic E-state index is 1.06. The van der Waals surface area contributed by atoms with Gasteiger partial charge in [0, 0.05) is 21.8 Å². The van der Waals surface area contributed by atoms with E-state index in [1.807, 2.05) is 0 Å². The zero-order chi connectivity index (χ0) is 16.7. The van der Waals surface area contributed by atoms with Crippen molar-refractivity contribution in [2.45, 2.75) is 33.6 Å². The van der Waals surface area contributed by atoms with Gasteiger partial charge in [0.2, 0.25) is 0 Å². The van der Waals surface area contributed by atoms with E-state index in [1.165, 1.54) is 56.0 Å². The number of rotatable bonds is 0. The molecule has 0 saturated heterocycles. The molecule has 0 bridgehead atoms. The van der Waals surface area contributed by atoms with Gasteiger partial charge in [-0.2, -0.15) is 0 Å². The fraction of sp³-hybridized carbons (Fsp3) is 0.217. The zero-order valence-electron chi connectivity index (χ0n) is 14.6. The van der Waals surface area contributed by atoms with Crippen LogP contribution in [0.4, 0.5) is 0 Å². The molecule has 1 N–H and O–H groups in total. The quantitative estimate of drug-likeness (QED) is 0.331. The maximum absolute atomic E-state index is 3.55. The lowest BCUT2D eigenvalue weighted by Gasteiger charge is -2.03. The van der Waals surface area contributed by atoms with Crippen LogP contribution in [0.25, 0.3) is 32.9 Å². The predicted molar refractivity (Wildman–Crippen MR) is 105 cm³/mol. The third-order valence-corrected chi connectivity index (χ3v) is 4.67. The molecule has 0 saturated carbocycles. The van der Waals surface area contributed by atoms with Gasteiger partial charge in [0.1, 0.15) is 0 Å². The Kier molecular flexibility index (Phi) is 3.65. The Balaban J connectivity index is 0.000000455. The number of H-pyrrole nitrogens is 1. The van der Waals surface area contributed by atoms with Crippen molar-refractivity contribution in [2.75, 3.05) is 0 Å². The molecule has 0 amide bonds. The summed E-state index contributed by atoms with van der Waals surface area (Å²) in [6.07, 6.45) is 2.31. The van der Waals surface area contributed by atoms with E-state index in [1.54, 1.807) is 0 Å². The lowest BCUT2D eigenvalue weighted by Crippen LogP contribution is -1.80. The summed E-state index contributed by atoms with van der Waals surface area (Å²) in [7, 11) is 0. The number of para-hydroxylation sites is 1. The van der Waals surface area contributed by atoms with E-state index in [9.17, 15) is 0 Å². The van der Waals surface area contributed by atoms with Crippen molar-refractivity contribution in [1.82, 2.24) is 4.98 Å². The van der Waals surface area contributed by atoms with Crippen molar-refractivity contribution < 1.29 is 0 Å². The van der Waals surface area contributed by atoms with E-state index in [0.29, 0.717) is 0 Å². The van der Waals surface area contributed by atoms with Gasteiger partial charge in [-0.3, -0.25) is 0 Å². The Bertz CT molecular complexity index is 1040. The highest BCUT2D eigenvalue weighted by Crippen LogP contribution is 2.40. The van der Waals surface area contributed by atoms with E-state index in [2.05, 4.69) is 80.4 Å². The number of aryl methyl sites for hydroxylation is 1. The van der Waals surface area contributed by atoms with Gasteiger partial charge >= 0.3 is 0 Å². The Labute approximate surface area is 143 Å². The molecule has 1 nitrogen and oxygen atoms in total. The van der Waals surface area contributed by atoms with E-state index >= 15 is 0 Å². The van der Waals surface area contributed by atoms with E-state index in [4.69, 9.17) is 0 Å². The molecule has 0 unspecified atom stereocenters. The summed E-state index contributed by atoms with van der Waals surface area (Å²) < 4.78 is 0. The number of aromatic nitrogens is 1. The van der Waals surface area contributed by atoms with Crippen LogP contribution in [0.2, 0.25) is 0 Å². The maximum Gasteiger partial charge on any atom is 0.0471 e. The fourth-order valence-corrected chi connectivity index (χ4v) is 3.64. The lowest BCUT2D eigenvalue weighted by atomic mass is 10.0. The minimum Gasteiger partial charge on any atom is -0.354 e. The van der Waals surface area contributed by atoms with E-state index < -0.39 is 0 Å². The van der Waals surface area contributed by atoms with Gasteiger partial charge in [0.15, 0.2) is 0 Å². The molecule has 1 aliphatic rings. The van der Waals surface area contributed by atoms with Crippen LogP contribution in [-0.4, -0.2) is 4.98 Å². The van der Waals surface area contributed by atoms with Gasteiger partial charge in [-0.15, -0.1) is 0 Å². The molecule has 3 aromatic carbocycles. The highest BCUT2D eigenvalue weighted by molar-refractivity contribution is 6.09. The highest BCUT2D eigenvalue weighted by Gasteiger charge is 2.20. The predicted octanol–water partition coefficient (Wildman–Crippen LogP) is 6.62. The average molecular weight is 313 g/mol. The molecule has 4 aromatic rings. The Morgan fingerprint density at radius 2 is 1.54 bits per heavy atom. The number of hydrogen-bond donors (Lipinski definition) is 1. The third-order valence-electron chi connectivity index (χ3n) is 4.67. The maximum atomic E-state index is 3.55. The SMILES string of the molecule is CCC.Cc1ccc2c(c1)-c1cc3[nH]c4ccccc4c3cc1C2. The average Bonchev–Trinajstić information content (AvgIpc) is 3.11. The van der Waals surface area contributed by atoms with Crippen LogP contribution in [0.3, 0.4) is 0 Å². The molecule has 1 aromatic heterocycles. The Morgan fingerprint density at radius 1 is 0.792 bits per heavy atom. The van der Waals surface area contributed by atoms with Crippen LogP contribution in [0, 0.1) is 6.92 Å². The van der Waals surface area contributed by atoms with Crippen LogP contribution in [-0.2, 0) is 6.42 Å². The third kappa shape index (κ3) is 2.32. The van der Waals surface area contributed by atoms with Gasteiger partial charge in [-0.1, -0.05) is 62.2 Å². The molecule has 120 valence electrons. The number of hydrogen-bond acceptors (Lipinski definition) is 0. The Hall–Kier alpha value is -2.54. The second-order valence-electron chi connectivity index (χ2n) is 6.77.